The number of nitrogens with one attached hydrogen (secondary N) is 1. The van der Waals surface area contributed by atoms with Crippen LogP contribution in [0.15, 0.2) is 21.9 Å². The molecule has 0 radical (unpaired) electrons. The third-order valence-electron chi connectivity index (χ3n) is 3.75. The van der Waals surface area contributed by atoms with Crippen molar-refractivity contribution in [2.24, 2.45) is 0 Å². The summed E-state index contributed by atoms with van der Waals surface area (Å²) in [7, 11) is 0. The minimum atomic E-state index is -0.186. The zero-order valence-electron chi connectivity index (χ0n) is 13.2. The standard InChI is InChI=1S/C16H19N3O3S/c1-10-5-6-13(22-10)11(2)17-14(20)8-12-9-23-16(18-12)19-7-3-4-15(19)21/h5-6,9,11H,3-4,7-8H2,1-2H3,(H,17,20). The van der Waals surface area contributed by atoms with Crippen LogP contribution in [0.25, 0.3) is 0 Å². The number of hydrogen-bond acceptors (Lipinski definition) is 5. The van der Waals surface area contributed by atoms with E-state index in [1.54, 1.807) is 4.90 Å². The van der Waals surface area contributed by atoms with Gasteiger partial charge >= 0.3 is 0 Å². The molecule has 0 bridgehead atoms. The molecule has 23 heavy (non-hydrogen) atoms. The van der Waals surface area contributed by atoms with Crippen molar-refractivity contribution in [2.75, 3.05) is 11.4 Å². The molecule has 1 saturated heterocycles. The van der Waals surface area contributed by atoms with Gasteiger partial charge in [0.1, 0.15) is 11.5 Å². The minimum Gasteiger partial charge on any atom is -0.464 e. The van der Waals surface area contributed by atoms with E-state index in [9.17, 15) is 9.59 Å². The van der Waals surface area contributed by atoms with Crippen LogP contribution >= 0.6 is 11.3 Å². The molecule has 0 saturated carbocycles. The fourth-order valence-corrected chi connectivity index (χ4v) is 3.43. The van der Waals surface area contributed by atoms with Gasteiger partial charge in [-0.15, -0.1) is 11.3 Å². The summed E-state index contributed by atoms with van der Waals surface area (Å²) < 4.78 is 5.51. The molecule has 0 aromatic carbocycles. The topological polar surface area (TPSA) is 75.4 Å². The highest BCUT2D eigenvalue weighted by Crippen LogP contribution is 2.25. The lowest BCUT2D eigenvalue weighted by Gasteiger charge is -2.11. The van der Waals surface area contributed by atoms with E-state index in [4.69, 9.17) is 4.42 Å². The van der Waals surface area contributed by atoms with Gasteiger partial charge in [-0.2, -0.15) is 0 Å². The molecule has 0 spiro atoms. The summed E-state index contributed by atoms with van der Waals surface area (Å²) in [4.78, 5) is 29.9. The number of nitrogens with zero attached hydrogens (tertiary/aromatic N) is 2. The highest BCUT2D eigenvalue weighted by atomic mass is 32.1. The Hall–Kier alpha value is -2.15. The number of anilines is 1. The van der Waals surface area contributed by atoms with Crippen molar-refractivity contribution in [3.8, 4) is 0 Å². The van der Waals surface area contributed by atoms with E-state index in [1.165, 1.54) is 11.3 Å². The Morgan fingerprint density at radius 3 is 3.00 bits per heavy atom. The Morgan fingerprint density at radius 1 is 1.52 bits per heavy atom. The van der Waals surface area contributed by atoms with E-state index in [0.717, 1.165) is 17.9 Å². The van der Waals surface area contributed by atoms with Gasteiger partial charge in [0.2, 0.25) is 11.8 Å². The molecule has 1 atom stereocenters. The second-order valence-corrected chi connectivity index (χ2v) is 6.52. The molecule has 3 rings (SSSR count). The van der Waals surface area contributed by atoms with Gasteiger partial charge in [0.25, 0.3) is 0 Å². The first-order valence-corrected chi connectivity index (χ1v) is 8.51. The van der Waals surface area contributed by atoms with Gasteiger partial charge in [-0.1, -0.05) is 0 Å². The van der Waals surface area contributed by atoms with Crippen LogP contribution in [0.2, 0.25) is 0 Å². The molecule has 0 aliphatic carbocycles. The summed E-state index contributed by atoms with van der Waals surface area (Å²) in [5, 5.41) is 5.42. The number of carbonyl (C=O) groups excluding carboxylic acids is 2. The zero-order valence-corrected chi connectivity index (χ0v) is 14.0. The average Bonchev–Trinajstić information content (AvgIpc) is 3.20. The highest BCUT2D eigenvalue weighted by Gasteiger charge is 2.24. The summed E-state index contributed by atoms with van der Waals surface area (Å²) in [6, 6.07) is 3.55. The van der Waals surface area contributed by atoms with Crippen molar-refractivity contribution in [3.05, 3.63) is 34.7 Å². The highest BCUT2D eigenvalue weighted by molar-refractivity contribution is 7.14. The van der Waals surface area contributed by atoms with Crippen molar-refractivity contribution in [1.29, 1.82) is 0 Å². The van der Waals surface area contributed by atoms with E-state index in [0.29, 0.717) is 23.8 Å². The first-order chi connectivity index (χ1) is 11.0. The Bertz CT molecular complexity index is 722. The molecule has 3 heterocycles. The van der Waals surface area contributed by atoms with E-state index < -0.39 is 0 Å². The van der Waals surface area contributed by atoms with Crippen LogP contribution in [-0.2, 0) is 16.0 Å². The molecule has 1 aliphatic heterocycles. The quantitative estimate of drug-likeness (QED) is 0.912. The van der Waals surface area contributed by atoms with E-state index >= 15 is 0 Å². The van der Waals surface area contributed by atoms with Crippen LogP contribution in [0.5, 0.6) is 0 Å². The second-order valence-electron chi connectivity index (χ2n) is 5.68. The first-order valence-electron chi connectivity index (χ1n) is 7.63. The van der Waals surface area contributed by atoms with Crippen LogP contribution < -0.4 is 10.2 Å². The van der Waals surface area contributed by atoms with E-state index in [1.807, 2.05) is 31.4 Å². The molecule has 2 aromatic heterocycles. The lowest BCUT2D eigenvalue weighted by atomic mass is 10.2. The molecular weight excluding hydrogens is 314 g/mol. The fourth-order valence-electron chi connectivity index (χ4n) is 2.57. The van der Waals surface area contributed by atoms with Crippen molar-refractivity contribution < 1.29 is 14.0 Å². The number of carbonyl (C=O) groups is 2. The number of hydrogen-bond donors (Lipinski definition) is 1. The van der Waals surface area contributed by atoms with Crippen molar-refractivity contribution in [1.82, 2.24) is 10.3 Å². The molecule has 1 aliphatic rings. The summed E-state index contributed by atoms with van der Waals surface area (Å²) >= 11 is 1.41. The van der Waals surface area contributed by atoms with Crippen LogP contribution in [0.4, 0.5) is 5.13 Å². The zero-order chi connectivity index (χ0) is 16.4. The average molecular weight is 333 g/mol. The number of furan rings is 1. The Balaban J connectivity index is 1.58. The number of thiazole rings is 1. The van der Waals surface area contributed by atoms with Crippen molar-refractivity contribution >= 4 is 28.3 Å². The first kappa shape index (κ1) is 15.7. The summed E-state index contributed by atoms with van der Waals surface area (Å²) in [6.45, 7) is 4.47. The fraction of sp³-hybridized carbons (Fsp3) is 0.438. The number of amides is 2. The SMILES string of the molecule is Cc1ccc(C(C)NC(=O)Cc2csc(N3CCCC3=O)n2)o1. The van der Waals surface area contributed by atoms with Crippen LogP contribution in [0.3, 0.4) is 0 Å². The summed E-state index contributed by atoms with van der Waals surface area (Å²) in [6.07, 6.45) is 1.65. The van der Waals surface area contributed by atoms with Crippen LogP contribution in [-0.4, -0.2) is 23.3 Å². The molecule has 2 aromatic rings. The lowest BCUT2D eigenvalue weighted by molar-refractivity contribution is -0.121. The molecule has 7 heteroatoms. The molecule has 122 valence electrons. The summed E-state index contributed by atoms with van der Waals surface area (Å²) in [5.74, 6) is 1.55. The van der Waals surface area contributed by atoms with Crippen molar-refractivity contribution in [3.63, 3.8) is 0 Å². The largest absolute Gasteiger partial charge is 0.464 e. The Labute approximate surface area is 138 Å². The molecular formula is C16H19N3O3S. The smallest absolute Gasteiger partial charge is 0.228 e. The number of aryl methyl sites for hydroxylation is 1. The molecule has 1 fully saturated rings. The summed E-state index contributed by atoms with van der Waals surface area (Å²) in [5.41, 5.74) is 0.685. The Morgan fingerprint density at radius 2 is 2.35 bits per heavy atom. The van der Waals surface area contributed by atoms with E-state index in [2.05, 4.69) is 10.3 Å². The van der Waals surface area contributed by atoms with Gasteiger partial charge in [-0.3, -0.25) is 14.5 Å². The molecule has 1 N–H and O–H groups in total. The second kappa shape index (κ2) is 6.54. The van der Waals surface area contributed by atoms with Gasteiger partial charge in [-0.05, 0) is 32.4 Å². The van der Waals surface area contributed by atoms with Gasteiger partial charge in [0.05, 0.1) is 18.2 Å². The molecule has 6 nitrogen and oxygen atoms in total. The normalized spacial score (nSPS) is 15.9. The monoisotopic (exact) mass is 333 g/mol. The Kier molecular flexibility index (Phi) is 4.47. The van der Waals surface area contributed by atoms with Crippen LogP contribution in [0.1, 0.15) is 43.0 Å². The van der Waals surface area contributed by atoms with Crippen LogP contribution in [0, 0.1) is 6.92 Å². The van der Waals surface area contributed by atoms with Gasteiger partial charge < -0.3 is 9.73 Å². The maximum Gasteiger partial charge on any atom is 0.228 e. The maximum atomic E-state index is 12.1. The minimum absolute atomic E-state index is 0.108. The predicted molar refractivity (Wildman–Crippen MR) is 87.4 cm³/mol. The van der Waals surface area contributed by atoms with Gasteiger partial charge in [-0.25, -0.2) is 4.98 Å². The maximum absolute atomic E-state index is 12.1. The lowest BCUT2D eigenvalue weighted by Crippen LogP contribution is -2.28. The van der Waals surface area contributed by atoms with Gasteiger partial charge in [0.15, 0.2) is 5.13 Å². The number of aromatic nitrogens is 1. The van der Waals surface area contributed by atoms with E-state index in [-0.39, 0.29) is 24.3 Å². The number of rotatable bonds is 5. The van der Waals surface area contributed by atoms with Crippen molar-refractivity contribution in [2.45, 2.75) is 39.2 Å². The molecule has 2 amide bonds. The van der Waals surface area contributed by atoms with Gasteiger partial charge in [0, 0.05) is 18.3 Å². The predicted octanol–water partition coefficient (Wildman–Crippen LogP) is 2.59. The third kappa shape index (κ3) is 3.61. The third-order valence-corrected chi connectivity index (χ3v) is 4.66. The molecule has 1 unspecified atom stereocenters.